The highest BCUT2D eigenvalue weighted by Crippen LogP contribution is 2.28. The quantitative estimate of drug-likeness (QED) is 0.326. The predicted molar refractivity (Wildman–Crippen MR) is 141 cm³/mol. The van der Waals surface area contributed by atoms with Gasteiger partial charge in [0.05, 0.1) is 24.0 Å². The number of ether oxygens (including phenoxy) is 1. The first-order valence-electron chi connectivity index (χ1n) is 11.7. The molecule has 0 bridgehead atoms. The Morgan fingerprint density at radius 2 is 1.84 bits per heavy atom. The van der Waals surface area contributed by atoms with Gasteiger partial charge in [-0.05, 0) is 50.5 Å². The summed E-state index contributed by atoms with van der Waals surface area (Å²) in [6.07, 6.45) is 1.61. The van der Waals surface area contributed by atoms with E-state index in [2.05, 4.69) is 5.32 Å². The predicted octanol–water partition coefficient (Wildman–Crippen LogP) is 3.01. The zero-order chi connectivity index (χ0) is 27.9. The molecule has 1 N–H and O–H groups in total. The lowest BCUT2D eigenvalue weighted by Gasteiger charge is -2.32. The minimum atomic E-state index is -4.02. The first kappa shape index (κ1) is 29.6. The van der Waals surface area contributed by atoms with E-state index in [-0.39, 0.29) is 29.9 Å². The molecule has 0 saturated carbocycles. The van der Waals surface area contributed by atoms with Gasteiger partial charge in [-0.2, -0.15) is 0 Å². The van der Waals surface area contributed by atoms with Gasteiger partial charge in [-0.15, -0.1) is 0 Å². The van der Waals surface area contributed by atoms with Gasteiger partial charge in [0, 0.05) is 24.7 Å². The molecule has 11 nitrogen and oxygen atoms in total. The van der Waals surface area contributed by atoms with Gasteiger partial charge in [0.15, 0.2) is 0 Å². The number of anilines is 1. The third-order valence-corrected chi connectivity index (χ3v) is 7.13. The standard InChI is InChI=1S/C25H34N4O7S/c1-7-18(3)26-25(31)19(4)27(15-20-9-8-10-22(13-20)36-5)24(30)16-28(37(6,34)35)23-14-21(29(32)33)12-11-17(23)2/h8-14,18-19H,7,15-16H2,1-6H3,(H,26,31)/t18-,19+/m0/s1. The Balaban J connectivity index is 2.49. The van der Waals surface area contributed by atoms with E-state index in [9.17, 15) is 28.1 Å². The van der Waals surface area contributed by atoms with Gasteiger partial charge in [-0.1, -0.05) is 25.1 Å². The van der Waals surface area contributed by atoms with Gasteiger partial charge < -0.3 is 15.0 Å². The fraction of sp³-hybridized carbons (Fsp3) is 0.440. The molecule has 0 heterocycles. The van der Waals surface area contributed by atoms with E-state index in [1.165, 1.54) is 24.1 Å². The zero-order valence-corrected chi connectivity index (χ0v) is 22.7. The van der Waals surface area contributed by atoms with Crippen molar-refractivity contribution < 1.29 is 27.7 Å². The number of methoxy groups -OCH3 is 1. The van der Waals surface area contributed by atoms with Crippen LogP contribution in [0.1, 0.15) is 38.3 Å². The van der Waals surface area contributed by atoms with E-state index in [1.54, 1.807) is 38.1 Å². The smallest absolute Gasteiger partial charge is 0.271 e. The van der Waals surface area contributed by atoms with Crippen LogP contribution in [0.3, 0.4) is 0 Å². The second-order valence-corrected chi connectivity index (χ2v) is 10.8. The molecule has 2 aromatic carbocycles. The number of sulfonamides is 1. The number of hydrogen-bond acceptors (Lipinski definition) is 7. The van der Waals surface area contributed by atoms with E-state index >= 15 is 0 Å². The lowest BCUT2D eigenvalue weighted by atomic mass is 10.1. The van der Waals surface area contributed by atoms with Crippen molar-refractivity contribution in [2.24, 2.45) is 0 Å². The fourth-order valence-electron chi connectivity index (χ4n) is 3.59. The highest BCUT2D eigenvalue weighted by atomic mass is 32.2. The molecule has 0 fully saturated rings. The molecular weight excluding hydrogens is 500 g/mol. The van der Waals surface area contributed by atoms with Gasteiger partial charge >= 0.3 is 0 Å². The minimum Gasteiger partial charge on any atom is -0.497 e. The first-order valence-corrected chi connectivity index (χ1v) is 13.6. The normalized spacial score (nSPS) is 12.8. The lowest BCUT2D eigenvalue weighted by Crippen LogP contribution is -2.52. The lowest BCUT2D eigenvalue weighted by molar-refractivity contribution is -0.384. The van der Waals surface area contributed by atoms with Crippen LogP contribution >= 0.6 is 0 Å². The number of nitrogens with one attached hydrogen (secondary N) is 1. The molecule has 0 aliphatic carbocycles. The number of carbonyl (C=O) groups excluding carboxylic acids is 2. The molecule has 12 heteroatoms. The Hall–Kier alpha value is -3.67. The summed E-state index contributed by atoms with van der Waals surface area (Å²) in [5.74, 6) is -0.472. The molecule has 0 unspecified atom stereocenters. The van der Waals surface area contributed by atoms with E-state index in [0.29, 0.717) is 23.3 Å². The molecule has 0 saturated heterocycles. The minimum absolute atomic E-state index is 0.0106. The van der Waals surface area contributed by atoms with E-state index in [1.807, 2.05) is 13.8 Å². The Kier molecular flexibility index (Phi) is 10.0. The van der Waals surface area contributed by atoms with Gasteiger partial charge in [-0.3, -0.25) is 24.0 Å². The number of carbonyl (C=O) groups is 2. The zero-order valence-electron chi connectivity index (χ0n) is 21.9. The number of aryl methyl sites for hydroxylation is 1. The van der Waals surface area contributed by atoms with Crippen LogP contribution < -0.4 is 14.4 Å². The summed E-state index contributed by atoms with van der Waals surface area (Å²) in [7, 11) is -2.51. The number of benzene rings is 2. The summed E-state index contributed by atoms with van der Waals surface area (Å²) in [5, 5.41) is 14.2. The summed E-state index contributed by atoms with van der Waals surface area (Å²) in [6, 6.07) is 9.73. The average molecular weight is 535 g/mol. The average Bonchev–Trinajstić information content (AvgIpc) is 2.84. The van der Waals surface area contributed by atoms with Gasteiger partial charge in [0.25, 0.3) is 5.69 Å². The summed E-state index contributed by atoms with van der Waals surface area (Å²) in [6.45, 7) is 6.29. The fourth-order valence-corrected chi connectivity index (χ4v) is 4.49. The summed E-state index contributed by atoms with van der Waals surface area (Å²) >= 11 is 0. The van der Waals surface area contributed by atoms with Crippen molar-refractivity contribution in [3.05, 3.63) is 63.7 Å². The first-order chi connectivity index (χ1) is 17.3. The Morgan fingerprint density at radius 3 is 2.41 bits per heavy atom. The van der Waals surface area contributed by atoms with E-state index in [4.69, 9.17) is 4.74 Å². The van der Waals surface area contributed by atoms with Crippen molar-refractivity contribution >= 4 is 33.2 Å². The molecule has 37 heavy (non-hydrogen) atoms. The molecule has 0 aliphatic heterocycles. The van der Waals surface area contributed by atoms with Crippen molar-refractivity contribution in [3.8, 4) is 5.75 Å². The Labute approximate surface area is 217 Å². The third-order valence-electron chi connectivity index (χ3n) is 6.01. The number of amides is 2. The van der Waals surface area contributed by atoms with Gasteiger partial charge in [0.1, 0.15) is 18.3 Å². The molecule has 202 valence electrons. The molecule has 2 atom stereocenters. The molecule has 2 amide bonds. The van der Waals surface area contributed by atoms with Crippen LogP contribution in [0.4, 0.5) is 11.4 Å². The SMILES string of the molecule is CC[C@H](C)NC(=O)[C@@H](C)N(Cc1cccc(OC)c1)C(=O)CN(c1cc([N+](=O)[O-])ccc1C)S(C)(=O)=O. The van der Waals surface area contributed by atoms with E-state index in [0.717, 1.165) is 16.6 Å². The van der Waals surface area contributed by atoms with Crippen LogP contribution in [0.2, 0.25) is 0 Å². The maximum absolute atomic E-state index is 13.6. The highest BCUT2D eigenvalue weighted by Gasteiger charge is 2.31. The summed E-state index contributed by atoms with van der Waals surface area (Å²) in [5.41, 5.74) is 0.818. The maximum atomic E-state index is 13.6. The molecular formula is C25H34N4O7S. The second kappa shape index (κ2) is 12.5. The van der Waals surface area contributed by atoms with Crippen molar-refractivity contribution in [2.45, 2.75) is 52.7 Å². The summed E-state index contributed by atoms with van der Waals surface area (Å²) in [4.78, 5) is 38.6. The summed E-state index contributed by atoms with van der Waals surface area (Å²) < 4.78 is 31.6. The molecule has 0 aliphatic rings. The van der Waals surface area contributed by atoms with Crippen LogP contribution in [0.15, 0.2) is 42.5 Å². The van der Waals surface area contributed by atoms with Crippen LogP contribution in [-0.4, -0.2) is 62.0 Å². The van der Waals surface area contributed by atoms with Gasteiger partial charge in [-0.25, -0.2) is 8.42 Å². The highest BCUT2D eigenvalue weighted by molar-refractivity contribution is 7.92. The molecule has 0 aromatic heterocycles. The maximum Gasteiger partial charge on any atom is 0.271 e. The van der Waals surface area contributed by atoms with Crippen molar-refractivity contribution in [3.63, 3.8) is 0 Å². The molecule has 2 rings (SSSR count). The Bertz CT molecular complexity index is 1250. The molecule has 0 spiro atoms. The number of rotatable bonds is 12. The third kappa shape index (κ3) is 7.91. The molecule has 2 aromatic rings. The van der Waals surface area contributed by atoms with Crippen molar-refractivity contribution in [1.29, 1.82) is 0 Å². The second-order valence-electron chi connectivity index (χ2n) is 8.86. The number of nitro benzene ring substituents is 1. The van der Waals surface area contributed by atoms with E-state index < -0.39 is 33.4 Å². The van der Waals surface area contributed by atoms with Crippen LogP contribution in [0, 0.1) is 17.0 Å². The Morgan fingerprint density at radius 1 is 1.16 bits per heavy atom. The largest absolute Gasteiger partial charge is 0.497 e. The number of hydrogen-bond donors (Lipinski definition) is 1. The van der Waals surface area contributed by atoms with Gasteiger partial charge in [0.2, 0.25) is 21.8 Å². The number of nitro groups is 1. The number of non-ortho nitro benzene ring substituents is 1. The van der Waals surface area contributed by atoms with Crippen LogP contribution in [0.25, 0.3) is 0 Å². The molecule has 0 radical (unpaired) electrons. The van der Waals surface area contributed by atoms with Crippen molar-refractivity contribution in [2.75, 3.05) is 24.2 Å². The number of nitrogens with zero attached hydrogens (tertiary/aromatic N) is 3. The van der Waals surface area contributed by atoms with Crippen molar-refractivity contribution in [1.82, 2.24) is 10.2 Å². The van der Waals surface area contributed by atoms with Crippen LogP contribution in [-0.2, 0) is 26.2 Å². The van der Waals surface area contributed by atoms with Crippen LogP contribution in [0.5, 0.6) is 5.75 Å². The topological polar surface area (TPSA) is 139 Å². The monoisotopic (exact) mass is 534 g/mol.